The third-order valence-electron chi connectivity index (χ3n) is 2.30. The van der Waals surface area contributed by atoms with Gasteiger partial charge in [0.1, 0.15) is 17.3 Å². The largest absolute Gasteiger partial charge is 0.457 e. The van der Waals surface area contributed by atoms with Crippen LogP contribution >= 0.6 is 0 Å². The highest BCUT2D eigenvalue weighted by Crippen LogP contribution is 2.21. The molecule has 0 unspecified atom stereocenters. The zero-order valence-corrected chi connectivity index (χ0v) is 9.39. The van der Waals surface area contributed by atoms with E-state index in [4.69, 9.17) is 10.6 Å². The van der Waals surface area contributed by atoms with Crippen LogP contribution in [0.15, 0.2) is 48.5 Å². The van der Waals surface area contributed by atoms with Gasteiger partial charge in [0.15, 0.2) is 0 Å². The SMILES string of the molecule is NNC(=O)c1ccc(Oc2ccc(F)cc2)cc1. The molecule has 0 atom stereocenters. The minimum absolute atomic E-state index is 0.322. The Kier molecular flexibility index (Phi) is 3.54. The van der Waals surface area contributed by atoms with Crippen LogP contribution in [0.2, 0.25) is 0 Å². The Labute approximate surface area is 103 Å². The quantitative estimate of drug-likeness (QED) is 0.496. The van der Waals surface area contributed by atoms with Crippen LogP contribution < -0.4 is 16.0 Å². The lowest BCUT2D eigenvalue weighted by molar-refractivity contribution is 0.0953. The Bertz CT molecular complexity index is 538. The highest BCUT2D eigenvalue weighted by atomic mass is 19.1. The number of nitrogens with one attached hydrogen (secondary N) is 1. The van der Waals surface area contributed by atoms with Crippen LogP contribution in [0.4, 0.5) is 4.39 Å². The maximum atomic E-state index is 12.7. The fourth-order valence-electron chi connectivity index (χ4n) is 1.40. The highest BCUT2D eigenvalue weighted by Gasteiger charge is 2.03. The first-order valence-corrected chi connectivity index (χ1v) is 5.23. The second kappa shape index (κ2) is 5.29. The fraction of sp³-hybridized carbons (Fsp3) is 0. The molecule has 2 aromatic carbocycles. The molecule has 0 bridgehead atoms. The van der Waals surface area contributed by atoms with E-state index in [9.17, 15) is 9.18 Å². The Hall–Kier alpha value is -2.40. The van der Waals surface area contributed by atoms with Crippen molar-refractivity contribution in [2.24, 2.45) is 5.84 Å². The summed E-state index contributed by atoms with van der Waals surface area (Å²) in [7, 11) is 0. The van der Waals surface area contributed by atoms with E-state index in [0.717, 1.165) is 0 Å². The molecule has 0 aliphatic carbocycles. The van der Waals surface area contributed by atoms with Gasteiger partial charge in [-0.2, -0.15) is 0 Å². The maximum Gasteiger partial charge on any atom is 0.265 e. The molecule has 0 heterocycles. The van der Waals surface area contributed by atoms with Gasteiger partial charge in [0.25, 0.3) is 5.91 Å². The number of hydrogen-bond donors (Lipinski definition) is 2. The number of nitrogens with two attached hydrogens (primary N) is 1. The van der Waals surface area contributed by atoms with Crippen LogP contribution in [-0.4, -0.2) is 5.91 Å². The normalized spacial score (nSPS) is 9.89. The number of carbonyl (C=O) groups excluding carboxylic acids is 1. The van der Waals surface area contributed by atoms with Crippen LogP contribution in [-0.2, 0) is 0 Å². The van der Waals surface area contributed by atoms with Crippen LogP contribution in [0.1, 0.15) is 10.4 Å². The molecule has 0 aliphatic heterocycles. The summed E-state index contributed by atoms with van der Waals surface area (Å²) in [5, 5.41) is 0. The predicted octanol–water partition coefficient (Wildman–Crippen LogP) is 2.22. The third-order valence-corrected chi connectivity index (χ3v) is 2.30. The number of hydrogen-bond acceptors (Lipinski definition) is 3. The Morgan fingerprint density at radius 2 is 1.50 bits per heavy atom. The molecular weight excluding hydrogens is 235 g/mol. The molecule has 0 aromatic heterocycles. The van der Waals surface area contributed by atoms with Gasteiger partial charge in [-0.1, -0.05) is 0 Å². The van der Waals surface area contributed by atoms with E-state index in [1.807, 2.05) is 5.43 Å². The summed E-state index contributed by atoms with van der Waals surface area (Å²) in [6.07, 6.45) is 0. The zero-order valence-electron chi connectivity index (χ0n) is 9.39. The number of carbonyl (C=O) groups is 1. The molecule has 4 nitrogen and oxygen atoms in total. The topological polar surface area (TPSA) is 64.3 Å². The summed E-state index contributed by atoms with van der Waals surface area (Å²) in [6.45, 7) is 0. The summed E-state index contributed by atoms with van der Waals surface area (Å²) < 4.78 is 18.2. The average Bonchev–Trinajstić information content (AvgIpc) is 2.41. The minimum atomic E-state index is -0.372. The molecule has 0 aliphatic rings. The number of rotatable bonds is 3. The second-order valence-electron chi connectivity index (χ2n) is 3.55. The van der Waals surface area contributed by atoms with E-state index in [0.29, 0.717) is 17.1 Å². The van der Waals surface area contributed by atoms with Crippen molar-refractivity contribution < 1.29 is 13.9 Å². The van der Waals surface area contributed by atoms with Crippen LogP contribution in [0.3, 0.4) is 0 Å². The van der Waals surface area contributed by atoms with E-state index in [1.165, 1.54) is 24.3 Å². The van der Waals surface area contributed by atoms with E-state index in [-0.39, 0.29) is 11.7 Å². The molecule has 5 heteroatoms. The second-order valence-corrected chi connectivity index (χ2v) is 3.55. The molecule has 2 aromatic rings. The summed E-state index contributed by atoms with van der Waals surface area (Å²) in [4.78, 5) is 11.2. The number of hydrazine groups is 1. The smallest absolute Gasteiger partial charge is 0.265 e. The standard InChI is InChI=1S/C13H11FN2O2/c14-10-3-7-12(8-4-10)18-11-5-1-9(2-6-11)13(17)16-15/h1-8H,15H2,(H,16,17). The van der Waals surface area contributed by atoms with Crippen molar-refractivity contribution in [3.05, 3.63) is 59.9 Å². The predicted molar refractivity (Wildman–Crippen MR) is 64.6 cm³/mol. The van der Waals surface area contributed by atoms with Crippen molar-refractivity contribution in [1.29, 1.82) is 0 Å². The van der Waals surface area contributed by atoms with Gasteiger partial charge in [0, 0.05) is 5.56 Å². The van der Waals surface area contributed by atoms with Crippen molar-refractivity contribution in [2.45, 2.75) is 0 Å². The number of ether oxygens (including phenoxy) is 1. The molecule has 0 spiro atoms. The van der Waals surface area contributed by atoms with Crippen LogP contribution in [0.25, 0.3) is 0 Å². The van der Waals surface area contributed by atoms with E-state index < -0.39 is 0 Å². The monoisotopic (exact) mass is 246 g/mol. The minimum Gasteiger partial charge on any atom is -0.457 e. The molecule has 18 heavy (non-hydrogen) atoms. The van der Waals surface area contributed by atoms with Gasteiger partial charge in [-0.3, -0.25) is 10.2 Å². The lowest BCUT2D eigenvalue weighted by atomic mass is 10.2. The molecule has 92 valence electrons. The van der Waals surface area contributed by atoms with Crippen molar-refractivity contribution in [1.82, 2.24) is 5.43 Å². The number of benzene rings is 2. The van der Waals surface area contributed by atoms with Gasteiger partial charge in [-0.25, -0.2) is 10.2 Å². The first kappa shape index (κ1) is 12.1. The molecule has 1 amide bonds. The van der Waals surface area contributed by atoms with Gasteiger partial charge in [0.2, 0.25) is 0 Å². The Balaban J connectivity index is 2.10. The lowest BCUT2D eigenvalue weighted by Gasteiger charge is -2.06. The third kappa shape index (κ3) is 2.83. The van der Waals surface area contributed by atoms with Crippen molar-refractivity contribution >= 4 is 5.91 Å². The first-order valence-electron chi connectivity index (χ1n) is 5.23. The van der Waals surface area contributed by atoms with E-state index >= 15 is 0 Å². The van der Waals surface area contributed by atoms with Crippen LogP contribution in [0, 0.1) is 5.82 Å². The molecule has 3 N–H and O–H groups in total. The Morgan fingerprint density at radius 3 is 2.00 bits per heavy atom. The van der Waals surface area contributed by atoms with Gasteiger partial charge in [-0.05, 0) is 48.5 Å². The van der Waals surface area contributed by atoms with Gasteiger partial charge < -0.3 is 4.74 Å². The van der Waals surface area contributed by atoms with E-state index in [1.54, 1.807) is 24.3 Å². The molecular formula is C13H11FN2O2. The Morgan fingerprint density at radius 1 is 1.00 bits per heavy atom. The van der Waals surface area contributed by atoms with Crippen molar-refractivity contribution in [2.75, 3.05) is 0 Å². The molecule has 0 fully saturated rings. The first-order chi connectivity index (χ1) is 8.69. The van der Waals surface area contributed by atoms with Crippen molar-refractivity contribution in [3.8, 4) is 11.5 Å². The fourth-order valence-corrected chi connectivity index (χ4v) is 1.40. The molecule has 2 rings (SSSR count). The van der Waals surface area contributed by atoms with Gasteiger partial charge >= 0.3 is 0 Å². The number of halogens is 1. The summed E-state index contributed by atoms with van der Waals surface area (Å²) in [6, 6.07) is 12.1. The maximum absolute atomic E-state index is 12.7. The lowest BCUT2D eigenvalue weighted by Crippen LogP contribution is -2.29. The van der Waals surface area contributed by atoms with Crippen molar-refractivity contribution in [3.63, 3.8) is 0 Å². The summed E-state index contributed by atoms with van der Waals surface area (Å²) in [5.74, 6) is 5.39. The molecule has 0 saturated carbocycles. The summed E-state index contributed by atoms with van der Waals surface area (Å²) >= 11 is 0. The molecule has 0 saturated heterocycles. The molecule has 0 radical (unpaired) electrons. The number of nitrogen functional groups attached to an aromatic ring is 1. The number of amides is 1. The zero-order chi connectivity index (χ0) is 13.0. The van der Waals surface area contributed by atoms with Gasteiger partial charge in [0.05, 0.1) is 0 Å². The average molecular weight is 246 g/mol. The summed E-state index contributed by atoms with van der Waals surface area (Å²) in [5.41, 5.74) is 2.47. The van der Waals surface area contributed by atoms with Gasteiger partial charge in [-0.15, -0.1) is 0 Å². The van der Waals surface area contributed by atoms with E-state index in [2.05, 4.69) is 0 Å². The van der Waals surface area contributed by atoms with Crippen LogP contribution in [0.5, 0.6) is 11.5 Å². The highest BCUT2D eigenvalue weighted by molar-refractivity contribution is 5.93.